The number of rotatable bonds is 6. The smallest absolute Gasteiger partial charge is 0.0956 e. The van der Waals surface area contributed by atoms with Crippen LogP contribution < -0.4 is 5.32 Å². The molecule has 2 nitrogen and oxygen atoms in total. The maximum absolute atomic E-state index is 6.07. The van der Waals surface area contributed by atoms with Gasteiger partial charge in [0.05, 0.1) is 12.7 Å². The fourth-order valence-electron chi connectivity index (χ4n) is 2.17. The largest absolute Gasteiger partial charge is 0.368 e. The molecule has 0 saturated heterocycles. The molecular weight excluding hydrogens is 270 g/mol. The Kier molecular flexibility index (Phi) is 5.60. The van der Waals surface area contributed by atoms with E-state index in [1.165, 1.54) is 11.1 Å². The van der Waals surface area contributed by atoms with Crippen LogP contribution in [0.5, 0.6) is 0 Å². The van der Waals surface area contributed by atoms with Gasteiger partial charge in [-0.15, -0.1) is 0 Å². The van der Waals surface area contributed by atoms with Crippen LogP contribution in [0.4, 0.5) is 0 Å². The lowest BCUT2D eigenvalue weighted by atomic mass is 10.0. The van der Waals surface area contributed by atoms with Gasteiger partial charge < -0.3 is 10.1 Å². The Morgan fingerprint density at radius 1 is 1.10 bits per heavy atom. The average Bonchev–Trinajstić information content (AvgIpc) is 2.46. The highest BCUT2D eigenvalue weighted by Crippen LogP contribution is 2.22. The van der Waals surface area contributed by atoms with Gasteiger partial charge in [0.25, 0.3) is 0 Å². The van der Waals surface area contributed by atoms with E-state index in [9.17, 15) is 0 Å². The molecule has 1 atom stereocenters. The summed E-state index contributed by atoms with van der Waals surface area (Å²) in [5, 5.41) is 3.94. The monoisotopic (exact) mass is 289 g/mol. The highest BCUT2D eigenvalue weighted by Gasteiger charge is 2.13. The van der Waals surface area contributed by atoms with Gasteiger partial charge in [-0.1, -0.05) is 48.0 Å². The minimum absolute atomic E-state index is 0.0527. The van der Waals surface area contributed by atoms with Gasteiger partial charge in [-0.2, -0.15) is 0 Å². The Morgan fingerprint density at radius 3 is 2.45 bits per heavy atom. The molecule has 0 aliphatic rings. The standard InChI is InChI=1S/C17H20ClNO/c1-13-5-3-4-6-16(13)17(11-19-2)20-12-14-7-9-15(18)10-8-14/h3-10,17,19H,11-12H2,1-2H3. The first-order valence-corrected chi connectivity index (χ1v) is 7.14. The van der Waals surface area contributed by atoms with E-state index in [1.54, 1.807) is 0 Å². The molecule has 0 bridgehead atoms. The summed E-state index contributed by atoms with van der Waals surface area (Å²) in [5.41, 5.74) is 3.61. The molecule has 2 aromatic rings. The zero-order valence-electron chi connectivity index (χ0n) is 11.9. The van der Waals surface area contributed by atoms with E-state index >= 15 is 0 Å². The number of hydrogen-bond donors (Lipinski definition) is 1. The van der Waals surface area contributed by atoms with Gasteiger partial charge in [-0.25, -0.2) is 0 Å². The Hall–Kier alpha value is -1.35. The lowest BCUT2D eigenvalue weighted by Crippen LogP contribution is -2.20. The highest BCUT2D eigenvalue weighted by molar-refractivity contribution is 6.30. The number of halogens is 1. The van der Waals surface area contributed by atoms with Crippen LogP contribution in [0.3, 0.4) is 0 Å². The molecule has 0 spiro atoms. The van der Waals surface area contributed by atoms with Crippen molar-refractivity contribution in [3.05, 3.63) is 70.2 Å². The van der Waals surface area contributed by atoms with Crippen molar-refractivity contribution in [1.82, 2.24) is 5.32 Å². The number of likely N-dealkylation sites (N-methyl/N-ethyl adjacent to an activating group) is 1. The maximum Gasteiger partial charge on any atom is 0.0956 e. The van der Waals surface area contributed by atoms with E-state index in [0.717, 1.165) is 17.1 Å². The lowest BCUT2D eigenvalue weighted by molar-refractivity contribution is 0.0407. The van der Waals surface area contributed by atoms with Crippen molar-refractivity contribution in [2.45, 2.75) is 19.6 Å². The van der Waals surface area contributed by atoms with Crippen LogP contribution in [-0.4, -0.2) is 13.6 Å². The van der Waals surface area contributed by atoms with Gasteiger partial charge in [0, 0.05) is 11.6 Å². The summed E-state index contributed by atoms with van der Waals surface area (Å²) in [5.74, 6) is 0. The van der Waals surface area contributed by atoms with Crippen molar-refractivity contribution in [2.24, 2.45) is 0 Å². The first-order chi connectivity index (χ1) is 9.70. The zero-order chi connectivity index (χ0) is 14.4. The predicted molar refractivity (Wildman–Crippen MR) is 84.1 cm³/mol. The molecule has 1 N–H and O–H groups in total. The summed E-state index contributed by atoms with van der Waals surface area (Å²) in [6.45, 7) is 3.49. The van der Waals surface area contributed by atoms with Crippen LogP contribution >= 0.6 is 11.6 Å². The van der Waals surface area contributed by atoms with E-state index in [0.29, 0.717) is 6.61 Å². The van der Waals surface area contributed by atoms with Gasteiger partial charge in [0.2, 0.25) is 0 Å². The molecule has 3 heteroatoms. The summed E-state index contributed by atoms with van der Waals surface area (Å²) in [4.78, 5) is 0. The molecule has 0 aromatic heterocycles. The third-order valence-corrected chi connectivity index (χ3v) is 3.54. The Bertz CT molecular complexity index is 539. The summed E-state index contributed by atoms with van der Waals surface area (Å²) in [6.07, 6.45) is 0.0527. The molecule has 0 aliphatic heterocycles. The van der Waals surface area contributed by atoms with Crippen LogP contribution in [-0.2, 0) is 11.3 Å². The van der Waals surface area contributed by atoms with Gasteiger partial charge in [0.15, 0.2) is 0 Å². The molecule has 0 radical (unpaired) electrons. The van der Waals surface area contributed by atoms with Crippen LogP contribution in [0.2, 0.25) is 5.02 Å². The van der Waals surface area contributed by atoms with Crippen LogP contribution in [0, 0.1) is 6.92 Å². The van der Waals surface area contributed by atoms with Gasteiger partial charge in [-0.05, 0) is 42.8 Å². The molecule has 20 heavy (non-hydrogen) atoms. The molecule has 0 amide bonds. The predicted octanol–water partition coefficient (Wildman–Crippen LogP) is 4.13. The van der Waals surface area contributed by atoms with Crippen LogP contribution in [0.25, 0.3) is 0 Å². The minimum Gasteiger partial charge on any atom is -0.368 e. The molecule has 0 saturated carbocycles. The van der Waals surface area contributed by atoms with E-state index < -0.39 is 0 Å². The maximum atomic E-state index is 6.07. The molecule has 0 heterocycles. The zero-order valence-corrected chi connectivity index (χ0v) is 12.7. The first kappa shape index (κ1) is 15.0. The molecule has 0 aliphatic carbocycles. The molecule has 106 valence electrons. The fraction of sp³-hybridized carbons (Fsp3) is 0.294. The number of ether oxygens (including phenoxy) is 1. The van der Waals surface area contributed by atoms with Crippen molar-refractivity contribution in [1.29, 1.82) is 0 Å². The van der Waals surface area contributed by atoms with Crippen LogP contribution in [0.15, 0.2) is 48.5 Å². The molecule has 2 rings (SSSR count). The number of hydrogen-bond acceptors (Lipinski definition) is 2. The molecule has 2 aromatic carbocycles. The Labute approximate surface area is 125 Å². The normalized spacial score (nSPS) is 12.3. The topological polar surface area (TPSA) is 21.3 Å². The van der Waals surface area contributed by atoms with Crippen LogP contribution in [0.1, 0.15) is 22.8 Å². The highest BCUT2D eigenvalue weighted by atomic mass is 35.5. The second-order valence-corrected chi connectivity index (χ2v) is 5.28. The third-order valence-electron chi connectivity index (χ3n) is 3.29. The lowest BCUT2D eigenvalue weighted by Gasteiger charge is -2.20. The second kappa shape index (κ2) is 7.44. The van der Waals surface area contributed by atoms with Gasteiger partial charge in [-0.3, -0.25) is 0 Å². The number of nitrogens with one attached hydrogen (secondary N) is 1. The summed E-state index contributed by atoms with van der Waals surface area (Å²) < 4.78 is 6.07. The Balaban J connectivity index is 2.06. The van der Waals surface area contributed by atoms with Crippen molar-refractivity contribution in [2.75, 3.05) is 13.6 Å². The molecule has 1 unspecified atom stereocenters. The summed E-state index contributed by atoms with van der Waals surface area (Å²) in [7, 11) is 1.94. The van der Waals surface area contributed by atoms with Gasteiger partial charge in [0.1, 0.15) is 0 Å². The van der Waals surface area contributed by atoms with E-state index in [4.69, 9.17) is 16.3 Å². The molecular formula is C17H20ClNO. The molecule has 0 fully saturated rings. The average molecular weight is 290 g/mol. The number of benzene rings is 2. The summed E-state index contributed by atoms with van der Waals surface area (Å²) in [6, 6.07) is 16.1. The van der Waals surface area contributed by atoms with Gasteiger partial charge >= 0.3 is 0 Å². The minimum atomic E-state index is 0.0527. The van der Waals surface area contributed by atoms with E-state index in [2.05, 4.69) is 36.5 Å². The van der Waals surface area contributed by atoms with Crippen molar-refractivity contribution >= 4 is 11.6 Å². The fourth-order valence-corrected chi connectivity index (χ4v) is 2.30. The van der Waals surface area contributed by atoms with E-state index in [1.807, 2.05) is 31.3 Å². The quantitative estimate of drug-likeness (QED) is 0.863. The van der Waals surface area contributed by atoms with E-state index in [-0.39, 0.29) is 6.10 Å². The number of aryl methyl sites for hydroxylation is 1. The van der Waals surface area contributed by atoms with Crippen molar-refractivity contribution < 1.29 is 4.74 Å². The third kappa shape index (κ3) is 4.07. The first-order valence-electron chi connectivity index (χ1n) is 6.77. The van der Waals surface area contributed by atoms with Crippen molar-refractivity contribution in [3.63, 3.8) is 0 Å². The summed E-state index contributed by atoms with van der Waals surface area (Å²) >= 11 is 5.89. The Morgan fingerprint density at radius 2 is 1.80 bits per heavy atom. The SMILES string of the molecule is CNCC(OCc1ccc(Cl)cc1)c1ccccc1C. The second-order valence-electron chi connectivity index (χ2n) is 4.84. The van der Waals surface area contributed by atoms with Crippen molar-refractivity contribution in [3.8, 4) is 0 Å².